The molecular formula is C20H20N4O. The molecule has 25 heavy (non-hydrogen) atoms. The SMILES string of the molecule is NC(=NCc1ccnc(OCc2ccccc2)c1)Nc1ccccc1. The maximum absolute atomic E-state index is 5.92. The number of pyridine rings is 1. The van der Waals surface area contributed by atoms with E-state index in [-0.39, 0.29) is 0 Å². The first-order valence-corrected chi connectivity index (χ1v) is 8.03. The molecule has 0 amide bonds. The van der Waals surface area contributed by atoms with Gasteiger partial charge in [0.2, 0.25) is 5.88 Å². The lowest BCUT2D eigenvalue weighted by Gasteiger charge is -2.07. The Morgan fingerprint density at radius 1 is 0.960 bits per heavy atom. The van der Waals surface area contributed by atoms with Crippen molar-refractivity contribution in [3.05, 3.63) is 90.1 Å². The van der Waals surface area contributed by atoms with Crippen LogP contribution in [0.25, 0.3) is 0 Å². The number of ether oxygens (including phenoxy) is 1. The van der Waals surface area contributed by atoms with Gasteiger partial charge in [-0.1, -0.05) is 48.5 Å². The summed E-state index contributed by atoms with van der Waals surface area (Å²) < 4.78 is 5.73. The predicted octanol–water partition coefficient (Wildman–Crippen LogP) is 3.59. The number of nitrogens with zero attached hydrogens (tertiary/aromatic N) is 2. The predicted molar refractivity (Wildman–Crippen MR) is 100 cm³/mol. The monoisotopic (exact) mass is 332 g/mol. The number of rotatable bonds is 6. The standard InChI is InChI=1S/C20H20N4O/c21-20(24-18-9-5-2-6-10-18)23-14-17-11-12-22-19(13-17)25-15-16-7-3-1-4-8-16/h1-13H,14-15H2,(H3,21,23,24). The van der Waals surface area contributed by atoms with E-state index in [9.17, 15) is 0 Å². The number of guanidine groups is 1. The first-order valence-electron chi connectivity index (χ1n) is 8.03. The highest BCUT2D eigenvalue weighted by molar-refractivity contribution is 5.92. The number of nitrogens with two attached hydrogens (primary N) is 1. The molecule has 126 valence electrons. The van der Waals surface area contributed by atoms with E-state index in [4.69, 9.17) is 10.5 Å². The summed E-state index contributed by atoms with van der Waals surface area (Å²) in [5.74, 6) is 0.945. The topological polar surface area (TPSA) is 72.5 Å². The van der Waals surface area contributed by atoms with Gasteiger partial charge in [0, 0.05) is 18.0 Å². The largest absolute Gasteiger partial charge is 0.473 e. The number of aromatic nitrogens is 1. The van der Waals surface area contributed by atoms with Gasteiger partial charge in [0.15, 0.2) is 5.96 Å². The summed E-state index contributed by atoms with van der Waals surface area (Å²) in [5.41, 5.74) is 8.91. The van der Waals surface area contributed by atoms with Gasteiger partial charge in [0.1, 0.15) is 6.61 Å². The van der Waals surface area contributed by atoms with E-state index >= 15 is 0 Å². The van der Waals surface area contributed by atoms with Crippen LogP contribution in [-0.2, 0) is 13.2 Å². The van der Waals surface area contributed by atoms with Gasteiger partial charge in [0.25, 0.3) is 0 Å². The zero-order chi connectivity index (χ0) is 17.3. The third-order valence-corrected chi connectivity index (χ3v) is 3.51. The van der Waals surface area contributed by atoms with E-state index in [1.54, 1.807) is 6.20 Å². The number of nitrogens with one attached hydrogen (secondary N) is 1. The summed E-state index contributed by atoms with van der Waals surface area (Å²) in [5, 5.41) is 3.05. The lowest BCUT2D eigenvalue weighted by molar-refractivity contribution is 0.293. The molecule has 3 rings (SSSR count). The van der Waals surface area contributed by atoms with E-state index in [0.717, 1.165) is 16.8 Å². The van der Waals surface area contributed by atoms with Crippen LogP contribution in [0.5, 0.6) is 5.88 Å². The molecule has 0 radical (unpaired) electrons. The van der Waals surface area contributed by atoms with Crippen LogP contribution in [0.4, 0.5) is 5.69 Å². The second-order valence-electron chi connectivity index (χ2n) is 5.47. The third kappa shape index (κ3) is 5.35. The van der Waals surface area contributed by atoms with Crippen molar-refractivity contribution in [2.45, 2.75) is 13.2 Å². The van der Waals surface area contributed by atoms with Gasteiger partial charge >= 0.3 is 0 Å². The first kappa shape index (κ1) is 16.5. The third-order valence-electron chi connectivity index (χ3n) is 3.51. The Bertz CT molecular complexity index is 819. The molecule has 3 N–H and O–H groups in total. The van der Waals surface area contributed by atoms with E-state index < -0.39 is 0 Å². The van der Waals surface area contributed by atoms with Gasteiger partial charge in [-0.25, -0.2) is 9.98 Å². The molecule has 1 aromatic heterocycles. The van der Waals surface area contributed by atoms with Crippen molar-refractivity contribution in [1.82, 2.24) is 4.98 Å². The maximum atomic E-state index is 5.92. The molecule has 0 saturated heterocycles. The minimum atomic E-state index is 0.370. The fraction of sp³-hybridized carbons (Fsp3) is 0.100. The number of hydrogen-bond acceptors (Lipinski definition) is 3. The fourth-order valence-electron chi connectivity index (χ4n) is 2.24. The Morgan fingerprint density at radius 3 is 2.44 bits per heavy atom. The molecule has 0 aliphatic carbocycles. The molecule has 0 aliphatic heterocycles. The Kier molecular flexibility index (Phi) is 5.61. The highest BCUT2D eigenvalue weighted by Crippen LogP contribution is 2.13. The Morgan fingerprint density at radius 2 is 1.68 bits per heavy atom. The van der Waals surface area contributed by atoms with Crippen molar-refractivity contribution in [1.29, 1.82) is 0 Å². The number of hydrogen-bond donors (Lipinski definition) is 2. The van der Waals surface area contributed by atoms with Crippen LogP contribution in [0.2, 0.25) is 0 Å². The van der Waals surface area contributed by atoms with Gasteiger partial charge in [-0.15, -0.1) is 0 Å². The molecule has 0 saturated carbocycles. The van der Waals surface area contributed by atoms with Crippen molar-refractivity contribution < 1.29 is 4.74 Å². The van der Waals surface area contributed by atoms with Gasteiger partial charge in [0.05, 0.1) is 6.54 Å². The van der Waals surface area contributed by atoms with Gasteiger partial charge in [-0.2, -0.15) is 0 Å². The highest BCUT2D eigenvalue weighted by Gasteiger charge is 2.00. The minimum Gasteiger partial charge on any atom is -0.473 e. The van der Waals surface area contributed by atoms with E-state index in [0.29, 0.717) is 25.0 Å². The molecule has 1 heterocycles. The average molecular weight is 332 g/mol. The first-order chi connectivity index (χ1) is 12.3. The van der Waals surface area contributed by atoms with Crippen LogP contribution in [0.3, 0.4) is 0 Å². The molecule has 0 unspecified atom stereocenters. The number of aliphatic imine (C=N–C) groups is 1. The molecule has 2 aromatic carbocycles. The van der Waals surface area contributed by atoms with Crippen LogP contribution in [0, 0.1) is 0 Å². The van der Waals surface area contributed by atoms with Crippen LogP contribution >= 0.6 is 0 Å². The summed E-state index contributed by atoms with van der Waals surface area (Å²) in [4.78, 5) is 8.58. The number of benzene rings is 2. The van der Waals surface area contributed by atoms with Crippen molar-refractivity contribution in [2.24, 2.45) is 10.7 Å². The summed E-state index contributed by atoms with van der Waals surface area (Å²) >= 11 is 0. The summed E-state index contributed by atoms with van der Waals surface area (Å²) in [7, 11) is 0. The molecule has 0 bridgehead atoms. The molecule has 0 spiro atoms. The Labute approximate surface area is 147 Å². The van der Waals surface area contributed by atoms with Crippen LogP contribution in [0.1, 0.15) is 11.1 Å². The molecule has 0 atom stereocenters. The second kappa shape index (κ2) is 8.49. The van der Waals surface area contributed by atoms with Gasteiger partial charge < -0.3 is 15.8 Å². The molecule has 0 fully saturated rings. The zero-order valence-electron chi connectivity index (χ0n) is 13.8. The van der Waals surface area contributed by atoms with Crippen molar-refractivity contribution >= 4 is 11.6 Å². The van der Waals surface area contributed by atoms with E-state index in [1.165, 1.54) is 0 Å². The zero-order valence-corrected chi connectivity index (χ0v) is 13.8. The Balaban J connectivity index is 1.57. The molecular weight excluding hydrogens is 312 g/mol. The molecule has 5 nitrogen and oxygen atoms in total. The van der Waals surface area contributed by atoms with Crippen molar-refractivity contribution in [2.75, 3.05) is 5.32 Å². The van der Waals surface area contributed by atoms with Crippen molar-refractivity contribution in [3.63, 3.8) is 0 Å². The lowest BCUT2D eigenvalue weighted by atomic mass is 10.2. The minimum absolute atomic E-state index is 0.370. The molecule has 3 aromatic rings. The van der Waals surface area contributed by atoms with Crippen LogP contribution < -0.4 is 15.8 Å². The Hall–Kier alpha value is -3.34. The number of anilines is 1. The summed E-state index contributed by atoms with van der Waals surface area (Å²) in [6.07, 6.45) is 1.71. The van der Waals surface area contributed by atoms with Crippen LogP contribution in [-0.4, -0.2) is 10.9 Å². The summed E-state index contributed by atoms with van der Waals surface area (Å²) in [6, 6.07) is 23.5. The quantitative estimate of drug-likeness (QED) is 0.534. The fourth-order valence-corrected chi connectivity index (χ4v) is 2.24. The maximum Gasteiger partial charge on any atom is 0.213 e. The van der Waals surface area contributed by atoms with Gasteiger partial charge in [-0.3, -0.25) is 0 Å². The highest BCUT2D eigenvalue weighted by atomic mass is 16.5. The van der Waals surface area contributed by atoms with E-state index in [2.05, 4.69) is 15.3 Å². The normalized spacial score (nSPS) is 11.1. The van der Waals surface area contributed by atoms with E-state index in [1.807, 2.05) is 72.8 Å². The van der Waals surface area contributed by atoms with Crippen molar-refractivity contribution in [3.8, 4) is 5.88 Å². The summed E-state index contributed by atoms with van der Waals surface area (Å²) in [6.45, 7) is 0.939. The molecule has 5 heteroatoms. The molecule has 0 aliphatic rings. The number of para-hydroxylation sites is 1. The van der Waals surface area contributed by atoms with Gasteiger partial charge in [-0.05, 0) is 29.3 Å². The van der Waals surface area contributed by atoms with Crippen LogP contribution in [0.15, 0.2) is 84.0 Å². The average Bonchev–Trinajstić information content (AvgIpc) is 2.67. The lowest BCUT2D eigenvalue weighted by Crippen LogP contribution is -2.22. The smallest absolute Gasteiger partial charge is 0.213 e. The second-order valence-corrected chi connectivity index (χ2v) is 5.47.